The van der Waals surface area contributed by atoms with Crippen LogP contribution >= 0.6 is 0 Å². The largest absolute Gasteiger partial charge is 0.507 e. The number of Topliss-reactive ketones (excluding diaryl/α,β-unsaturated/α-hetero) is 3. The maximum absolute atomic E-state index is 13.9. The zero-order valence-electron chi connectivity index (χ0n) is 20.5. The van der Waals surface area contributed by atoms with E-state index in [1.54, 1.807) is 49.4 Å². The molecule has 4 unspecified atom stereocenters. The van der Waals surface area contributed by atoms with Gasteiger partial charge in [-0.25, -0.2) is 0 Å². The predicted molar refractivity (Wildman–Crippen MR) is 134 cm³/mol. The van der Waals surface area contributed by atoms with E-state index in [9.17, 15) is 34.8 Å². The van der Waals surface area contributed by atoms with Gasteiger partial charge in [-0.2, -0.15) is 0 Å². The van der Waals surface area contributed by atoms with Gasteiger partial charge in [0.05, 0.1) is 29.9 Å². The third-order valence-corrected chi connectivity index (χ3v) is 7.69. The van der Waals surface area contributed by atoms with Gasteiger partial charge in [0.1, 0.15) is 17.3 Å². The Morgan fingerprint density at radius 3 is 2.38 bits per heavy atom. The van der Waals surface area contributed by atoms with Crippen LogP contribution in [0.15, 0.2) is 59.2 Å². The molecule has 4 atom stereocenters. The maximum Gasteiger partial charge on any atom is 0.206 e. The number of aliphatic hydroxyl groups excluding tert-OH is 2. The van der Waals surface area contributed by atoms with Gasteiger partial charge in [-0.3, -0.25) is 14.4 Å². The van der Waals surface area contributed by atoms with Crippen LogP contribution in [-0.2, 0) is 14.4 Å². The minimum Gasteiger partial charge on any atom is -0.507 e. The number of carbonyl (C=O) groups is 3. The summed E-state index contributed by atoms with van der Waals surface area (Å²) in [6.07, 6.45) is 0.203. The first-order chi connectivity index (χ1) is 17.5. The van der Waals surface area contributed by atoms with Gasteiger partial charge in [-0.15, -0.1) is 0 Å². The number of aromatic hydroxyl groups is 1. The molecule has 190 valence electrons. The van der Waals surface area contributed by atoms with Gasteiger partial charge in [-0.05, 0) is 55.2 Å². The number of aliphatic hydroxyl groups is 3. The van der Waals surface area contributed by atoms with Crippen molar-refractivity contribution in [2.75, 3.05) is 7.11 Å². The summed E-state index contributed by atoms with van der Waals surface area (Å²) >= 11 is 0. The third kappa shape index (κ3) is 3.40. The maximum atomic E-state index is 13.9. The Balaban J connectivity index is 1.78. The van der Waals surface area contributed by atoms with Crippen molar-refractivity contribution in [1.82, 2.24) is 0 Å². The first-order valence-corrected chi connectivity index (χ1v) is 11.8. The second-order valence-electron chi connectivity index (χ2n) is 9.75. The van der Waals surface area contributed by atoms with Crippen LogP contribution in [0.2, 0.25) is 0 Å². The third-order valence-electron chi connectivity index (χ3n) is 7.69. The number of benzene rings is 2. The van der Waals surface area contributed by atoms with Crippen molar-refractivity contribution in [3.05, 3.63) is 75.9 Å². The highest BCUT2D eigenvalue weighted by Crippen LogP contribution is 2.55. The molecule has 0 spiro atoms. The van der Waals surface area contributed by atoms with Crippen LogP contribution in [-0.4, -0.2) is 56.6 Å². The molecular weight excluding hydrogens is 476 g/mol. The second-order valence-corrected chi connectivity index (χ2v) is 9.75. The molecular formula is C29H26O8. The van der Waals surface area contributed by atoms with E-state index in [0.29, 0.717) is 28.0 Å². The Bertz CT molecular complexity index is 1460. The fraction of sp³-hybridized carbons (Fsp3) is 0.276. The van der Waals surface area contributed by atoms with Crippen molar-refractivity contribution in [3.63, 3.8) is 0 Å². The summed E-state index contributed by atoms with van der Waals surface area (Å²) in [6.45, 7) is 2.74. The van der Waals surface area contributed by atoms with Crippen LogP contribution in [0.5, 0.6) is 11.5 Å². The minimum absolute atomic E-state index is 0.0436. The Morgan fingerprint density at radius 2 is 1.76 bits per heavy atom. The summed E-state index contributed by atoms with van der Waals surface area (Å²) in [5, 5.41) is 45.1. The van der Waals surface area contributed by atoms with E-state index in [2.05, 4.69) is 0 Å². The molecule has 0 bridgehead atoms. The highest BCUT2D eigenvalue weighted by Gasteiger charge is 2.64. The summed E-state index contributed by atoms with van der Waals surface area (Å²) in [4.78, 5) is 39.5. The van der Waals surface area contributed by atoms with Crippen molar-refractivity contribution < 1.29 is 39.5 Å². The fourth-order valence-electron chi connectivity index (χ4n) is 5.96. The first-order valence-electron chi connectivity index (χ1n) is 11.8. The van der Waals surface area contributed by atoms with Crippen molar-refractivity contribution in [2.45, 2.75) is 32.0 Å². The van der Waals surface area contributed by atoms with Crippen LogP contribution in [0.25, 0.3) is 17.4 Å². The lowest BCUT2D eigenvalue weighted by Crippen LogP contribution is -2.65. The molecule has 2 aromatic rings. The van der Waals surface area contributed by atoms with Crippen molar-refractivity contribution in [1.29, 1.82) is 0 Å². The number of rotatable bonds is 3. The van der Waals surface area contributed by atoms with E-state index in [4.69, 9.17) is 4.74 Å². The van der Waals surface area contributed by atoms with Gasteiger partial charge in [0, 0.05) is 11.8 Å². The van der Waals surface area contributed by atoms with Gasteiger partial charge in [0.2, 0.25) is 11.6 Å². The van der Waals surface area contributed by atoms with Gasteiger partial charge in [-0.1, -0.05) is 35.9 Å². The molecule has 8 heteroatoms. The molecule has 1 saturated carbocycles. The Hall–Kier alpha value is -4.01. The van der Waals surface area contributed by atoms with Crippen molar-refractivity contribution in [2.24, 2.45) is 11.8 Å². The highest BCUT2D eigenvalue weighted by molar-refractivity contribution is 6.33. The lowest BCUT2D eigenvalue weighted by atomic mass is 9.55. The number of methoxy groups -OCH3 is 1. The number of ketones is 3. The highest BCUT2D eigenvalue weighted by atomic mass is 16.5. The Labute approximate surface area is 212 Å². The molecule has 8 nitrogen and oxygen atoms in total. The zero-order chi connectivity index (χ0) is 26.8. The molecule has 0 aromatic heterocycles. The van der Waals surface area contributed by atoms with Crippen LogP contribution < -0.4 is 4.74 Å². The summed E-state index contributed by atoms with van der Waals surface area (Å²) in [7, 11) is 1.54. The van der Waals surface area contributed by atoms with E-state index in [1.165, 1.54) is 20.1 Å². The fourth-order valence-corrected chi connectivity index (χ4v) is 5.96. The molecule has 0 saturated heterocycles. The molecule has 0 radical (unpaired) electrons. The lowest BCUT2D eigenvalue weighted by molar-refractivity contribution is -0.165. The number of hydrogen-bond acceptors (Lipinski definition) is 8. The van der Waals surface area contributed by atoms with E-state index < -0.39 is 46.6 Å². The smallest absolute Gasteiger partial charge is 0.206 e. The van der Waals surface area contributed by atoms with E-state index in [0.717, 1.165) is 0 Å². The molecule has 2 aromatic carbocycles. The summed E-state index contributed by atoms with van der Waals surface area (Å²) in [6, 6.07) is 11.6. The molecule has 1 fully saturated rings. The number of hydrogen-bond donors (Lipinski definition) is 4. The summed E-state index contributed by atoms with van der Waals surface area (Å²) in [5.74, 6) is -5.41. The molecule has 0 amide bonds. The number of phenolic OH excluding ortho intramolecular Hbond substituents is 1. The lowest BCUT2D eigenvalue weighted by Gasteiger charge is -2.49. The number of carbonyl (C=O) groups excluding carboxylic acids is 3. The number of fused-ring (bicyclic) bond motifs is 3. The van der Waals surface area contributed by atoms with Gasteiger partial charge < -0.3 is 25.2 Å². The topological polar surface area (TPSA) is 141 Å². The minimum atomic E-state index is -2.73. The van der Waals surface area contributed by atoms with Crippen molar-refractivity contribution in [3.8, 4) is 11.5 Å². The first kappa shape index (κ1) is 24.7. The standard InChI is InChI=1S/C29H26O8/c1-13-11-19-25(32)23-18(12-15-7-9-16(37-3)10-8-15)17-5-4-6-20(31)22(17)26(33)24(23)28(35)29(19,36)27(34)21(13)14(2)30/h4-10,12,19,23,25,31-33,36H,11H2,1-3H3/b18-12+. The molecule has 5 rings (SSSR count). The van der Waals surface area contributed by atoms with Crippen LogP contribution in [0.3, 0.4) is 0 Å². The molecule has 37 heavy (non-hydrogen) atoms. The summed E-state index contributed by atoms with van der Waals surface area (Å²) < 4.78 is 5.21. The molecule has 0 aliphatic heterocycles. The molecule has 4 N–H and O–H groups in total. The molecule has 3 aliphatic rings. The quantitative estimate of drug-likeness (QED) is 0.371. The summed E-state index contributed by atoms with van der Waals surface area (Å²) in [5.41, 5.74) is -1.52. The van der Waals surface area contributed by atoms with Crippen LogP contribution in [0.1, 0.15) is 37.0 Å². The van der Waals surface area contributed by atoms with E-state index in [1.807, 2.05) is 0 Å². The Kier molecular flexibility index (Phi) is 5.69. The van der Waals surface area contributed by atoms with Crippen molar-refractivity contribution >= 4 is 34.8 Å². The molecule has 0 heterocycles. The number of allylic oxidation sites excluding steroid dienone is 1. The van der Waals surface area contributed by atoms with Gasteiger partial charge in [0.15, 0.2) is 11.4 Å². The SMILES string of the molecule is COc1ccc(/C=C2\c3cccc(O)c3C(O)=C3C(=O)C4(O)C(=O)C(C(C)=O)=C(C)CC4C(O)C32)cc1. The van der Waals surface area contributed by atoms with Crippen LogP contribution in [0.4, 0.5) is 0 Å². The monoisotopic (exact) mass is 502 g/mol. The second kappa shape index (κ2) is 8.54. The Morgan fingerprint density at radius 1 is 1.08 bits per heavy atom. The average Bonchev–Trinajstić information content (AvgIpc) is 2.86. The van der Waals surface area contributed by atoms with Crippen LogP contribution in [0, 0.1) is 11.8 Å². The van der Waals surface area contributed by atoms with Gasteiger partial charge >= 0.3 is 0 Å². The van der Waals surface area contributed by atoms with Gasteiger partial charge in [0.25, 0.3) is 0 Å². The predicted octanol–water partition coefficient (Wildman–Crippen LogP) is 3.01. The molecule has 3 aliphatic carbocycles. The zero-order valence-corrected chi connectivity index (χ0v) is 20.5. The number of phenols is 1. The van der Waals surface area contributed by atoms with E-state index in [-0.39, 0.29) is 28.9 Å². The number of ether oxygens (including phenoxy) is 1. The normalized spacial score (nSPS) is 28.1. The van der Waals surface area contributed by atoms with E-state index >= 15 is 0 Å². The average molecular weight is 503 g/mol.